The maximum atomic E-state index is 11.7. The molecule has 2 heterocycles. The fraction of sp³-hybridized carbons (Fsp3) is 0.500. The molecule has 0 aliphatic carbocycles. The zero-order valence-electron chi connectivity index (χ0n) is 12.6. The molecule has 1 saturated heterocycles. The monoisotopic (exact) mass is 304 g/mol. The van der Waals surface area contributed by atoms with Gasteiger partial charge >= 0.3 is 5.97 Å². The van der Waals surface area contributed by atoms with E-state index in [4.69, 9.17) is 9.26 Å². The minimum Gasteiger partial charge on any atom is -0.466 e. The summed E-state index contributed by atoms with van der Waals surface area (Å²) in [5.74, 6) is -0.00853. The van der Waals surface area contributed by atoms with E-state index in [9.17, 15) is 9.90 Å². The number of benzene rings is 1. The van der Waals surface area contributed by atoms with Gasteiger partial charge in [0.15, 0.2) is 5.58 Å². The van der Waals surface area contributed by atoms with Crippen LogP contribution in [-0.4, -0.2) is 42.5 Å². The molecular weight excluding hydrogens is 284 g/mol. The van der Waals surface area contributed by atoms with Crippen LogP contribution in [0.3, 0.4) is 0 Å². The summed E-state index contributed by atoms with van der Waals surface area (Å²) in [5.41, 5.74) is 2.29. The Labute approximate surface area is 128 Å². The van der Waals surface area contributed by atoms with Crippen LogP contribution in [0.15, 0.2) is 22.7 Å². The smallest absolute Gasteiger partial charge is 0.312 e. The average Bonchev–Trinajstić information content (AvgIpc) is 3.14. The van der Waals surface area contributed by atoms with Gasteiger partial charge in [-0.15, -0.1) is 0 Å². The highest BCUT2D eigenvalue weighted by Crippen LogP contribution is 2.33. The Morgan fingerprint density at radius 3 is 3.14 bits per heavy atom. The van der Waals surface area contributed by atoms with Crippen LogP contribution in [0.25, 0.3) is 11.0 Å². The molecule has 0 bridgehead atoms. The van der Waals surface area contributed by atoms with E-state index < -0.39 is 0 Å². The van der Waals surface area contributed by atoms with Crippen LogP contribution in [0, 0.1) is 5.92 Å². The lowest BCUT2D eigenvalue weighted by Crippen LogP contribution is -2.21. The molecule has 1 aromatic heterocycles. The lowest BCUT2D eigenvalue weighted by Gasteiger charge is -2.19. The van der Waals surface area contributed by atoms with Crippen LogP contribution in [-0.2, 0) is 16.0 Å². The van der Waals surface area contributed by atoms with Crippen LogP contribution in [0.4, 0.5) is 5.69 Å². The molecule has 1 aliphatic heterocycles. The summed E-state index contributed by atoms with van der Waals surface area (Å²) in [4.78, 5) is 14.0. The number of hydrogen-bond acceptors (Lipinski definition) is 6. The SMILES string of the molecule is CCOC(=O)Cc1noc2cccc(N3CC[C@H](CO)C3)c12. The van der Waals surface area contributed by atoms with Gasteiger partial charge in [-0.25, -0.2) is 0 Å². The van der Waals surface area contributed by atoms with Gasteiger partial charge < -0.3 is 19.3 Å². The molecular formula is C16H20N2O4. The standard InChI is InChI=1S/C16H20N2O4/c1-2-21-15(20)8-12-16-13(4-3-5-14(16)22-17-12)18-7-6-11(9-18)10-19/h3-5,11,19H,2,6-10H2,1H3/t11-/m0/s1. The molecule has 3 rings (SSSR count). The summed E-state index contributed by atoms with van der Waals surface area (Å²) >= 11 is 0. The van der Waals surface area contributed by atoms with E-state index in [0.717, 1.165) is 30.6 Å². The third-order valence-electron chi connectivity index (χ3n) is 4.05. The van der Waals surface area contributed by atoms with Gasteiger partial charge in [0.25, 0.3) is 0 Å². The fourth-order valence-corrected chi connectivity index (χ4v) is 2.97. The first-order chi connectivity index (χ1) is 10.7. The van der Waals surface area contributed by atoms with E-state index >= 15 is 0 Å². The van der Waals surface area contributed by atoms with Crippen molar-refractivity contribution in [2.24, 2.45) is 5.92 Å². The predicted molar refractivity (Wildman–Crippen MR) is 81.8 cm³/mol. The number of ether oxygens (including phenoxy) is 1. The van der Waals surface area contributed by atoms with E-state index in [1.54, 1.807) is 6.92 Å². The maximum Gasteiger partial charge on any atom is 0.312 e. The second-order valence-electron chi connectivity index (χ2n) is 5.54. The van der Waals surface area contributed by atoms with E-state index in [0.29, 0.717) is 23.8 Å². The van der Waals surface area contributed by atoms with Gasteiger partial charge in [0.05, 0.1) is 18.4 Å². The summed E-state index contributed by atoms with van der Waals surface area (Å²) in [5, 5.41) is 14.2. The highest BCUT2D eigenvalue weighted by Gasteiger charge is 2.25. The maximum absolute atomic E-state index is 11.7. The van der Waals surface area contributed by atoms with Gasteiger partial charge in [-0.1, -0.05) is 11.2 Å². The number of aliphatic hydroxyl groups excluding tert-OH is 1. The molecule has 6 heteroatoms. The van der Waals surface area contributed by atoms with Gasteiger partial charge in [0.1, 0.15) is 5.69 Å². The predicted octanol–water partition coefficient (Wildman–Crippen LogP) is 1.75. The summed E-state index contributed by atoms with van der Waals surface area (Å²) < 4.78 is 10.3. The number of hydrogen-bond donors (Lipinski definition) is 1. The van der Waals surface area contributed by atoms with Crippen molar-refractivity contribution in [1.82, 2.24) is 5.16 Å². The Kier molecular flexibility index (Phi) is 4.29. The van der Waals surface area contributed by atoms with Crippen molar-refractivity contribution in [2.75, 3.05) is 31.2 Å². The number of rotatable bonds is 5. The second-order valence-corrected chi connectivity index (χ2v) is 5.54. The van der Waals surface area contributed by atoms with Gasteiger partial charge in [-0.3, -0.25) is 4.79 Å². The topological polar surface area (TPSA) is 75.8 Å². The van der Waals surface area contributed by atoms with E-state index in [1.807, 2.05) is 18.2 Å². The molecule has 0 spiro atoms. The van der Waals surface area contributed by atoms with Crippen molar-refractivity contribution in [1.29, 1.82) is 0 Å². The number of nitrogens with zero attached hydrogens (tertiary/aromatic N) is 2. The van der Waals surface area contributed by atoms with Crippen molar-refractivity contribution >= 4 is 22.6 Å². The molecule has 0 amide bonds. The number of esters is 1. The van der Waals surface area contributed by atoms with Crippen molar-refractivity contribution < 1.29 is 19.2 Å². The lowest BCUT2D eigenvalue weighted by atomic mass is 10.1. The average molecular weight is 304 g/mol. The first-order valence-corrected chi connectivity index (χ1v) is 7.61. The highest BCUT2D eigenvalue weighted by molar-refractivity contribution is 5.95. The molecule has 1 aromatic carbocycles. The van der Waals surface area contributed by atoms with Crippen molar-refractivity contribution in [2.45, 2.75) is 19.8 Å². The van der Waals surface area contributed by atoms with Crippen molar-refractivity contribution in [3.63, 3.8) is 0 Å². The number of anilines is 1. The van der Waals surface area contributed by atoms with Gasteiger partial charge in [-0.05, 0) is 25.5 Å². The minimum atomic E-state index is -0.304. The molecule has 1 fully saturated rings. The zero-order chi connectivity index (χ0) is 15.5. The van der Waals surface area contributed by atoms with E-state index in [2.05, 4.69) is 10.1 Å². The molecule has 6 nitrogen and oxygen atoms in total. The molecule has 0 radical (unpaired) electrons. The molecule has 1 aliphatic rings. The first kappa shape index (κ1) is 14.8. The number of carbonyl (C=O) groups excluding carboxylic acids is 1. The highest BCUT2D eigenvalue weighted by atomic mass is 16.5. The Morgan fingerprint density at radius 2 is 2.41 bits per heavy atom. The molecule has 1 atom stereocenters. The molecule has 1 N–H and O–H groups in total. The van der Waals surface area contributed by atoms with Gasteiger partial charge in [0.2, 0.25) is 0 Å². The van der Waals surface area contributed by atoms with Crippen LogP contribution >= 0.6 is 0 Å². The summed E-state index contributed by atoms with van der Waals surface area (Å²) in [6.45, 7) is 4.02. The number of fused-ring (bicyclic) bond motifs is 1. The van der Waals surface area contributed by atoms with Crippen molar-refractivity contribution in [3.8, 4) is 0 Å². The van der Waals surface area contributed by atoms with E-state index in [1.165, 1.54) is 0 Å². The Hall–Kier alpha value is -2.08. The molecule has 22 heavy (non-hydrogen) atoms. The number of carbonyl (C=O) groups is 1. The summed E-state index contributed by atoms with van der Waals surface area (Å²) in [6.07, 6.45) is 1.07. The fourth-order valence-electron chi connectivity index (χ4n) is 2.97. The first-order valence-electron chi connectivity index (χ1n) is 7.61. The van der Waals surface area contributed by atoms with Crippen molar-refractivity contribution in [3.05, 3.63) is 23.9 Å². The largest absolute Gasteiger partial charge is 0.466 e. The van der Waals surface area contributed by atoms with Crippen LogP contribution in [0.1, 0.15) is 19.0 Å². The normalized spacial score (nSPS) is 18.1. The minimum absolute atomic E-state index is 0.106. The number of aliphatic hydroxyl groups is 1. The Bertz CT molecular complexity index is 667. The summed E-state index contributed by atoms with van der Waals surface area (Å²) in [7, 11) is 0. The quantitative estimate of drug-likeness (QED) is 0.848. The summed E-state index contributed by atoms with van der Waals surface area (Å²) in [6, 6.07) is 5.78. The van der Waals surface area contributed by atoms with Crippen LogP contribution < -0.4 is 4.90 Å². The zero-order valence-corrected chi connectivity index (χ0v) is 12.6. The lowest BCUT2D eigenvalue weighted by molar-refractivity contribution is -0.142. The molecule has 118 valence electrons. The molecule has 0 unspecified atom stereocenters. The van der Waals surface area contributed by atoms with Crippen LogP contribution in [0.5, 0.6) is 0 Å². The van der Waals surface area contributed by atoms with Gasteiger partial charge in [0, 0.05) is 31.3 Å². The third-order valence-corrected chi connectivity index (χ3v) is 4.05. The molecule has 0 saturated carbocycles. The van der Waals surface area contributed by atoms with Gasteiger partial charge in [-0.2, -0.15) is 0 Å². The Balaban J connectivity index is 1.93. The molecule has 2 aromatic rings. The Morgan fingerprint density at radius 1 is 1.55 bits per heavy atom. The van der Waals surface area contributed by atoms with E-state index in [-0.39, 0.29) is 19.0 Å². The third kappa shape index (κ3) is 2.78. The van der Waals surface area contributed by atoms with Crippen LogP contribution in [0.2, 0.25) is 0 Å². The second kappa shape index (κ2) is 6.36. The number of aromatic nitrogens is 1.